The normalized spacial score (nSPS) is 12.2. The lowest BCUT2D eigenvalue weighted by atomic mass is 9.74. The summed E-state index contributed by atoms with van der Waals surface area (Å²) in [6.45, 7) is 8.56. The number of rotatable bonds is 4. The van der Waals surface area contributed by atoms with Gasteiger partial charge in [0.2, 0.25) is 0 Å². The molecule has 3 aromatic carbocycles. The van der Waals surface area contributed by atoms with Gasteiger partial charge in [-0.1, -0.05) is 76.2 Å². The summed E-state index contributed by atoms with van der Waals surface area (Å²) in [7, 11) is 0. The standard InChI is InChI=1S/C24H24F2/c1-23(2,19-9-13-21(25)14-10-19)17-5-7-18(8-6-17)24(3,4)20-11-15-22(26)16-12-20/h5-16H,1-4H3. The van der Waals surface area contributed by atoms with Crippen LogP contribution >= 0.6 is 0 Å². The second-order valence-corrected chi connectivity index (χ2v) is 7.84. The molecule has 0 amide bonds. The molecule has 0 fully saturated rings. The zero-order valence-corrected chi connectivity index (χ0v) is 15.7. The minimum Gasteiger partial charge on any atom is -0.207 e. The Bertz CT molecular complexity index is 795. The lowest BCUT2D eigenvalue weighted by molar-refractivity contribution is 0.607. The Labute approximate surface area is 154 Å². The second-order valence-electron chi connectivity index (χ2n) is 7.84. The summed E-state index contributed by atoms with van der Waals surface area (Å²) in [5.41, 5.74) is 4.05. The SMILES string of the molecule is CC(C)(c1ccc(F)cc1)c1ccc(C(C)(C)c2ccc(F)cc2)cc1. The average molecular weight is 350 g/mol. The molecule has 0 N–H and O–H groups in total. The number of hydrogen-bond acceptors (Lipinski definition) is 0. The third-order valence-corrected chi connectivity index (χ3v) is 5.46. The maximum absolute atomic E-state index is 13.2. The van der Waals surface area contributed by atoms with Crippen molar-refractivity contribution in [3.8, 4) is 0 Å². The predicted molar refractivity (Wildman–Crippen MR) is 103 cm³/mol. The minimum atomic E-state index is -0.221. The Hall–Kier alpha value is -2.48. The molecule has 0 saturated carbocycles. The van der Waals surface area contributed by atoms with Gasteiger partial charge in [0.15, 0.2) is 0 Å². The molecule has 26 heavy (non-hydrogen) atoms. The highest BCUT2D eigenvalue weighted by atomic mass is 19.1. The van der Waals surface area contributed by atoms with E-state index in [2.05, 4.69) is 52.0 Å². The highest BCUT2D eigenvalue weighted by Crippen LogP contribution is 2.35. The molecule has 0 aliphatic heterocycles. The van der Waals surface area contributed by atoms with E-state index in [-0.39, 0.29) is 22.5 Å². The van der Waals surface area contributed by atoms with Gasteiger partial charge in [-0.05, 0) is 46.5 Å². The molecule has 3 aromatic rings. The Morgan fingerprint density at radius 2 is 0.615 bits per heavy atom. The van der Waals surface area contributed by atoms with Crippen molar-refractivity contribution in [1.82, 2.24) is 0 Å². The van der Waals surface area contributed by atoms with Gasteiger partial charge in [0.25, 0.3) is 0 Å². The van der Waals surface area contributed by atoms with Crippen LogP contribution in [-0.4, -0.2) is 0 Å². The van der Waals surface area contributed by atoms with Gasteiger partial charge in [-0.15, -0.1) is 0 Å². The molecule has 0 atom stereocenters. The predicted octanol–water partition coefficient (Wildman–Crippen LogP) is 6.62. The van der Waals surface area contributed by atoms with E-state index in [1.807, 2.05) is 24.3 Å². The first-order chi connectivity index (χ1) is 12.2. The third-order valence-electron chi connectivity index (χ3n) is 5.46. The zero-order chi connectivity index (χ0) is 18.9. The van der Waals surface area contributed by atoms with Crippen LogP contribution in [0.15, 0.2) is 72.8 Å². The van der Waals surface area contributed by atoms with Crippen LogP contribution in [0, 0.1) is 11.6 Å². The topological polar surface area (TPSA) is 0 Å². The Kier molecular flexibility index (Phi) is 4.70. The second kappa shape index (κ2) is 6.68. The molecule has 0 bridgehead atoms. The van der Waals surface area contributed by atoms with Crippen LogP contribution in [0.25, 0.3) is 0 Å². The number of hydrogen-bond donors (Lipinski definition) is 0. The lowest BCUT2D eigenvalue weighted by Crippen LogP contribution is -2.21. The van der Waals surface area contributed by atoms with Crippen LogP contribution in [0.1, 0.15) is 49.9 Å². The molecule has 0 aliphatic carbocycles. The van der Waals surface area contributed by atoms with Crippen molar-refractivity contribution in [2.75, 3.05) is 0 Å². The highest BCUT2D eigenvalue weighted by molar-refractivity contribution is 5.43. The fraction of sp³-hybridized carbons (Fsp3) is 0.250. The summed E-state index contributed by atoms with van der Waals surface area (Å²) < 4.78 is 26.4. The summed E-state index contributed by atoms with van der Waals surface area (Å²) in [4.78, 5) is 0. The molecule has 2 heteroatoms. The van der Waals surface area contributed by atoms with Crippen molar-refractivity contribution >= 4 is 0 Å². The maximum Gasteiger partial charge on any atom is 0.123 e. The monoisotopic (exact) mass is 350 g/mol. The quantitative estimate of drug-likeness (QED) is 0.496. The van der Waals surface area contributed by atoms with Crippen LogP contribution in [-0.2, 0) is 10.8 Å². The molecule has 0 unspecified atom stereocenters. The smallest absolute Gasteiger partial charge is 0.123 e. The van der Waals surface area contributed by atoms with E-state index in [0.29, 0.717) is 0 Å². The first-order valence-corrected chi connectivity index (χ1v) is 8.84. The summed E-state index contributed by atoms with van der Waals surface area (Å²) in [5.74, 6) is -0.443. The van der Waals surface area contributed by atoms with Gasteiger partial charge in [-0.3, -0.25) is 0 Å². The first-order valence-electron chi connectivity index (χ1n) is 8.84. The molecular formula is C24H24F2. The molecule has 0 spiro atoms. The van der Waals surface area contributed by atoms with Crippen LogP contribution in [0.3, 0.4) is 0 Å². The van der Waals surface area contributed by atoms with E-state index < -0.39 is 0 Å². The fourth-order valence-corrected chi connectivity index (χ4v) is 3.37. The Morgan fingerprint density at radius 1 is 0.423 bits per heavy atom. The highest BCUT2D eigenvalue weighted by Gasteiger charge is 2.26. The van der Waals surface area contributed by atoms with Gasteiger partial charge >= 0.3 is 0 Å². The molecule has 0 nitrogen and oxygen atoms in total. The van der Waals surface area contributed by atoms with Gasteiger partial charge in [0.1, 0.15) is 11.6 Å². The van der Waals surface area contributed by atoms with Crippen LogP contribution in [0.4, 0.5) is 8.78 Å². The van der Waals surface area contributed by atoms with Gasteiger partial charge < -0.3 is 0 Å². The number of benzene rings is 3. The molecule has 0 heterocycles. The van der Waals surface area contributed by atoms with Crippen molar-refractivity contribution in [1.29, 1.82) is 0 Å². The fourth-order valence-electron chi connectivity index (χ4n) is 3.37. The largest absolute Gasteiger partial charge is 0.207 e. The van der Waals surface area contributed by atoms with Crippen molar-refractivity contribution < 1.29 is 8.78 Å². The van der Waals surface area contributed by atoms with Crippen LogP contribution < -0.4 is 0 Å². The lowest BCUT2D eigenvalue weighted by Gasteiger charge is -2.29. The average Bonchev–Trinajstić information content (AvgIpc) is 2.62. The third kappa shape index (κ3) is 3.41. The Morgan fingerprint density at radius 3 is 0.846 bits per heavy atom. The van der Waals surface area contributed by atoms with Gasteiger partial charge in [0.05, 0.1) is 0 Å². The van der Waals surface area contributed by atoms with E-state index in [9.17, 15) is 8.78 Å². The summed E-state index contributed by atoms with van der Waals surface area (Å²) in [6.07, 6.45) is 0. The van der Waals surface area contributed by atoms with Crippen LogP contribution in [0.5, 0.6) is 0 Å². The summed E-state index contributed by atoms with van der Waals surface area (Å²) in [5, 5.41) is 0. The summed E-state index contributed by atoms with van der Waals surface area (Å²) in [6, 6.07) is 21.9. The zero-order valence-electron chi connectivity index (χ0n) is 15.7. The molecule has 3 rings (SSSR count). The van der Waals surface area contributed by atoms with Gasteiger partial charge in [-0.2, -0.15) is 0 Å². The first kappa shape index (κ1) is 18.3. The molecule has 134 valence electrons. The van der Waals surface area contributed by atoms with E-state index in [0.717, 1.165) is 11.1 Å². The molecular weight excluding hydrogens is 326 g/mol. The molecule has 0 saturated heterocycles. The van der Waals surface area contributed by atoms with Crippen molar-refractivity contribution in [3.63, 3.8) is 0 Å². The van der Waals surface area contributed by atoms with E-state index in [1.165, 1.54) is 35.4 Å². The van der Waals surface area contributed by atoms with Crippen molar-refractivity contribution in [2.24, 2.45) is 0 Å². The summed E-state index contributed by atoms with van der Waals surface area (Å²) >= 11 is 0. The Balaban J connectivity index is 1.92. The molecule has 0 aromatic heterocycles. The van der Waals surface area contributed by atoms with E-state index in [4.69, 9.17) is 0 Å². The van der Waals surface area contributed by atoms with Gasteiger partial charge in [0, 0.05) is 10.8 Å². The van der Waals surface area contributed by atoms with Crippen molar-refractivity contribution in [2.45, 2.75) is 38.5 Å². The van der Waals surface area contributed by atoms with Crippen LogP contribution in [0.2, 0.25) is 0 Å². The van der Waals surface area contributed by atoms with Gasteiger partial charge in [-0.25, -0.2) is 8.78 Å². The number of halogens is 2. The van der Waals surface area contributed by atoms with E-state index >= 15 is 0 Å². The van der Waals surface area contributed by atoms with E-state index in [1.54, 1.807) is 0 Å². The minimum absolute atomic E-state index is 0.216. The molecule has 0 radical (unpaired) electrons. The van der Waals surface area contributed by atoms with Crippen molar-refractivity contribution in [3.05, 3.63) is 107 Å². The molecule has 0 aliphatic rings. The maximum atomic E-state index is 13.2.